The fraction of sp³-hybridized carbons (Fsp3) is 0.125. The Hall–Kier alpha value is -1.10. The maximum Gasteiger partial charge on any atom is 0.145 e. The van der Waals surface area contributed by atoms with Crippen LogP contribution in [0.15, 0.2) is 22.7 Å². The van der Waals surface area contributed by atoms with Gasteiger partial charge in [-0.25, -0.2) is 4.39 Å². The Morgan fingerprint density at radius 2 is 2.31 bits per heavy atom. The molecule has 0 radical (unpaired) electrons. The monoisotopic (exact) mass is 246 g/mol. The minimum absolute atomic E-state index is 0.0396. The predicted molar refractivity (Wildman–Crippen MR) is 51.5 cm³/mol. The molecule has 3 N–H and O–H groups in total. The van der Waals surface area contributed by atoms with E-state index in [-0.39, 0.29) is 18.3 Å². The minimum Gasteiger partial charge on any atom is -0.484 e. The van der Waals surface area contributed by atoms with Crippen molar-refractivity contribution in [1.82, 2.24) is 0 Å². The largest absolute Gasteiger partial charge is 0.484 e. The summed E-state index contributed by atoms with van der Waals surface area (Å²) >= 11 is 3.18. The Balaban J connectivity index is 2.75. The van der Waals surface area contributed by atoms with Gasteiger partial charge in [-0.2, -0.15) is 0 Å². The zero-order chi connectivity index (χ0) is 9.84. The molecular formula is C8H8BrFN2O. The van der Waals surface area contributed by atoms with Gasteiger partial charge in [0.25, 0.3) is 0 Å². The summed E-state index contributed by atoms with van der Waals surface area (Å²) in [5, 5.41) is 6.91. The molecule has 5 heteroatoms. The van der Waals surface area contributed by atoms with E-state index >= 15 is 0 Å². The fourth-order valence-corrected chi connectivity index (χ4v) is 1.10. The van der Waals surface area contributed by atoms with Crippen molar-refractivity contribution in [2.45, 2.75) is 0 Å². The number of benzene rings is 1. The Labute approximate surface area is 83.3 Å². The molecule has 0 aliphatic heterocycles. The number of hydrogen-bond acceptors (Lipinski definition) is 2. The summed E-state index contributed by atoms with van der Waals surface area (Å²) < 4.78 is 18.4. The molecule has 13 heavy (non-hydrogen) atoms. The second-order valence-corrected chi connectivity index (χ2v) is 3.24. The van der Waals surface area contributed by atoms with Crippen LogP contribution in [-0.4, -0.2) is 12.4 Å². The number of hydrogen-bond donors (Lipinski definition) is 2. The third-order valence-electron chi connectivity index (χ3n) is 1.28. The van der Waals surface area contributed by atoms with Gasteiger partial charge in [-0.15, -0.1) is 0 Å². The molecule has 3 nitrogen and oxygen atoms in total. The van der Waals surface area contributed by atoms with Crippen molar-refractivity contribution in [2.24, 2.45) is 5.73 Å². The van der Waals surface area contributed by atoms with E-state index in [1.807, 2.05) is 0 Å². The molecule has 1 aromatic carbocycles. The SMILES string of the molecule is N=C(N)COc1cc(F)ccc1Br. The highest BCUT2D eigenvalue weighted by molar-refractivity contribution is 9.10. The lowest BCUT2D eigenvalue weighted by atomic mass is 10.3. The average Bonchev–Trinajstić information content (AvgIpc) is 2.06. The number of halogens is 2. The van der Waals surface area contributed by atoms with Gasteiger partial charge in [0.2, 0.25) is 0 Å². The third-order valence-corrected chi connectivity index (χ3v) is 1.93. The van der Waals surface area contributed by atoms with Crippen LogP contribution in [0.5, 0.6) is 5.75 Å². The predicted octanol–water partition coefficient (Wildman–Crippen LogP) is 1.90. The molecular weight excluding hydrogens is 239 g/mol. The molecule has 1 aromatic rings. The minimum atomic E-state index is -0.387. The van der Waals surface area contributed by atoms with Crippen LogP contribution in [-0.2, 0) is 0 Å². The summed E-state index contributed by atoms with van der Waals surface area (Å²) in [4.78, 5) is 0. The highest BCUT2D eigenvalue weighted by Crippen LogP contribution is 2.25. The van der Waals surface area contributed by atoms with Crippen molar-refractivity contribution >= 4 is 21.8 Å². The van der Waals surface area contributed by atoms with Crippen LogP contribution in [0.3, 0.4) is 0 Å². The van der Waals surface area contributed by atoms with Crippen LogP contribution in [0.4, 0.5) is 4.39 Å². The molecule has 0 atom stereocenters. The number of rotatable bonds is 3. The van der Waals surface area contributed by atoms with Crippen molar-refractivity contribution < 1.29 is 9.13 Å². The van der Waals surface area contributed by atoms with E-state index in [4.69, 9.17) is 15.9 Å². The molecule has 0 spiro atoms. The highest BCUT2D eigenvalue weighted by Gasteiger charge is 2.02. The normalized spacial score (nSPS) is 9.69. The maximum absolute atomic E-state index is 12.7. The summed E-state index contributed by atoms with van der Waals surface area (Å²) in [7, 11) is 0. The Bertz CT molecular complexity index is 330. The molecule has 0 aromatic heterocycles. The summed E-state index contributed by atoms with van der Waals surface area (Å²) in [6.07, 6.45) is 0. The van der Waals surface area contributed by atoms with Crippen molar-refractivity contribution in [1.29, 1.82) is 5.41 Å². The first-order valence-corrected chi connectivity index (χ1v) is 4.29. The van der Waals surface area contributed by atoms with Gasteiger partial charge in [0.05, 0.1) is 4.47 Å². The van der Waals surface area contributed by atoms with Gasteiger partial charge in [0, 0.05) is 6.07 Å². The van der Waals surface area contributed by atoms with E-state index in [0.29, 0.717) is 10.2 Å². The lowest BCUT2D eigenvalue weighted by Gasteiger charge is -2.06. The summed E-state index contributed by atoms with van der Waals surface area (Å²) in [5.41, 5.74) is 5.08. The Kier molecular flexibility index (Phi) is 3.25. The van der Waals surface area contributed by atoms with Crippen molar-refractivity contribution in [3.63, 3.8) is 0 Å². The van der Waals surface area contributed by atoms with Gasteiger partial charge in [-0.05, 0) is 28.1 Å². The van der Waals surface area contributed by atoms with Gasteiger partial charge < -0.3 is 10.5 Å². The van der Waals surface area contributed by atoms with Crippen LogP contribution in [0, 0.1) is 11.2 Å². The van der Waals surface area contributed by atoms with Gasteiger partial charge in [-0.1, -0.05) is 0 Å². The van der Waals surface area contributed by atoms with Crippen molar-refractivity contribution in [3.8, 4) is 5.75 Å². The summed E-state index contributed by atoms with van der Waals surface area (Å²) in [5.74, 6) is -0.145. The summed E-state index contributed by atoms with van der Waals surface area (Å²) in [6.45, 7) is -0.0396. The number of nitrogens with two attached hydrogens (primary N) is 1. The van der Waals surface area contributed by atoms with Gasteiger partial charge >= 0.3 is 0 Å². The second-order valence-electron chi connectivity index (χ2n) is 2.39. The second kappa shape index (κ2) is 4.23. The van der Waals surface area contributed by atoms with E-state index < -0.39 is 0 Å². The van der Waals surface area contributed by atoms with Gasteiger partial charge in [0.1, 0.15) is 24.0 Å². The van der Waals surface area contributed by atoms with Crippen LogP contribution >= 0.6 is 15.9 Å². The molecule has 70 valence electrons. The summed E-state index contributed by atoms with van der Waals surface area (Å²) in [6, 6.07) is 4.07. The van der Waals surface area contributed by atoms with E-state index in [1.54, 1.807) is 0 Å². The third kappa shape index (κ3) is 3.02. The lowest BCUT2D eigenvalue weighted by Crippen LogP contribution is -2.19. The topological polar surface area (TPSA) is 59.1 Å². The molecule has 0 amide bonds. The van der Waals surface area contributed by atoms with E-state index in [1.165, 1.54) is 18.2 Å². The van der Waals surface area contributed by atoms with Crippen LogP contribution in [0.25, 0.3) is 0 Å². The van der Waals surface area contributed by atoms with Crippen LogP contribution in [0.1, 0.15) is 0 Å². The fourth-order valence-electron chi connectivity index (χ4n) is 0.743. The molecule has 0 heterocycles. The molecule has 0 bridgehead atoms. The molecule has 0 saturated heterocycles. The Morgan fingerprint density at radius 1 is 1.62 bits per heavy atom. The zero-order valence-corrected chi connectivity index (χ0v) is 8.27. The molecule has 0 saturated carbocycles. The first-order chi connectivity index (χ1) is 6.09. The average molecular weight is 247 g/mol. The first-order valence-electron chi connectivity index (χ1n) is 3.50. The smallest absolute Gasteiger partial charge is 0.145 e. The molecule has 0 aliphatic carbocycles. The molecule has 0 fully saturated rings. The van der Waals surface area contributed by atoms with E-state index in [2.05, 4.69) is 15.9 Å². The van der Waals surface area contributed by atoms with E-state index in [9.17, 15) is 4.39 Å². The van der Waals surface area contributed by atoms with Gasteiger partial charge in [-0.3, -0.25) is 5.41 Å². The number of amidine groups is 1. The first kappa shape index (κ1) is 9.98. The lowest BCUT2D eigenvalue weighted by molar-refractivity contribution is 0.369. The van der Waals surface area contributed by atoms with Crippen LogP contribution in [0.2, 0.25) is 0 Å². The van der Waals surface area contributed by atoms with Crippen molar-refractivity contribution in [3.05, 3.63) is 28.5 Å². The van der Waals surface area contributed by atoms with Crippen molar-refractivity contribution in [2.75, 3.05) is 6.61 Å². The van der Waals surface area contributed by atoms with E-state index in [0.717, 1.165) is 0 Å². The highest BCUT2D eigenvalue weighted by atomic mass is 79.9. The van der Waals surface area contributed by atoms with Crippen LogP contribution < -0.4 is 10.5 Å². The standard InChI is InChI=1S/C8H8BrFN2O/c9-6-2-1-5(10)3-7(6)13-4-8(11)12/h1-3H,4H2,(H3,11,12). The number of nitrogens with one attached hydrogen (secondary N) is 1. The number of ether oxygens (including phenoxy) is 1. The molecule has 0 aliphatic rings. The molecule has 0 unspecified atom stereocenters. The van der Waals surface area contributed by atoms with Gasteiger partial charge in [0.15, 0.2) is 0 Å². The zero-order valence-electron chi connectivity index (χ0n) is 6.68. The maximum atomic E-state index is 12.7. The quantitative estimate of drug-likeness (QED) is 0.633. The molecule has 1 rings (SSSR count). The Morgan fingerprint density at radius 3 is 2.92 bits per heavy atom.